The van der Waals surface area contributed by atoms with Gasteiger partial charge < -0.3 is 10.6 Å². The lowest BCUT2D eigenvalue weighted by Crippen LogP contribution is -2.36. The lowest BCUT2D eigenvalue weighted by atomic mass is 10.1. The summed E-state index contributed by atoms with van der Waals surface area (Å²) in [5, 5.41) is 11.5. The largest absolute Gasteiger partial charge is 0.334 e. The molecule has 0 aromatic heterocycles. The van der Waals surface area contributed by atoms with Crippen LogP contribution in [0.4, 0.5) is 10.5 Å². The van der Waals surface area contributed by atoms with Crippen LogP contribution in [0.2, 0.25) is 0 Å². The Labute approximate surface area is 178 Å². The number of anilines is 1. The minimum Gasteiger partial charge on any atom is -0.334 e. The number of para-hydroxylation sites is 1. The zero-order chi connectivity index (χ0) is 20.8. The molecular formula is C24H32N4O2. The van der Waals surface area contributed by atoms with Crippen LogP contribution in [0.1, 0.15) is 62.7 Å². The van der Waals surface area contributed by atoms with Gasteiger partial charge in [-0.1, -0.05) is 68.1 Å². The average molecular weight is 409 g/mol. The first-order valence-electron chi connectivity index (χ1n) is 11.1. The van der Waals surface area contributed by atoms with Crippen LogP contribution in [0.15, 0.2) is 54.6 Å². The third-order valence-corrected chi connectivity index (χ3v) is 5.89. The molecule has 2 atom stereocenters. The van der Waals surface area contributed by atoms with E-state index in [2.05, 4.69) is 52.2 Å². The second-order valence-electron chi connectivity index (χ2n) is 8.24. The van der Waals surface area contributed by atoms with Crippen LogP contribution in [-0.4, -0.2) is 23.4 Å². The van der Waals surface area contributed by atoms with Gasteiger partial charge in [-0.25, -0.2) is 4.79 Å². The number of nitrogens with one attached hydrogen (secondary N) is 3. The maximum Gasteiger partial charge on any atom is 0.319 e. The molecule has 2 fully saturated rings. The molecule has 160 valence electrons. The van der Waals surface area contributed by atoms with Crippen molar-refractivity contribution in [1.29, 1.82) is 0 Å². The minimum absolute atomic E-state index is 0.0151. The first kappa shape index (κ1) is 20.8. The normalized spacial score (nSPS) is 23.1. The van der Waals surface area contributed by atoms with Gasteiger partial charge >= 0.3 is 6.03 Å². The number of hydrogen-bond acceptors (Lipinski definition) is 4. The van der Waals surface area contributed by atoms with Gasteiger partial charge in [-0.3, -0.25) is 10.2 Å². The van der Waals surface area contributed by atoms with Gasteiger partial charge in [0.2, 0.25) is 0 Å². The highest BCUT2D eigenvalue weighted by molar-refractivity contribution is 5.89. The van der Waals surface area contributed by atoms with E-state index in [1.54, 1.807) is 0 Å². The molecule has 6 heteroatoms. The number of hydroxylamine groups is 2. The minimum atomic E-state index is -0.204. The van der Waals surface area contributed by atoms with Gasteiger partial charge in [0.15, 0.2) is 0 Å². The topological polar surface area (TPSA) is 65.6 Å². The molecule has 4 rings (SSSR count). The van der Waals surface area contributed by atoms with Gasteiger partial charge in [-0.2, -0.15) is 5.06 Å². The molecule has 2 unspecified atom stereocenters. The Morgan fingerprint density at radius 1 is 1.03 bits per heavy atom. The van der Waals surface area contributed by atoms with Crippen molar-refractivity contribution in [3.05, 3.63) is 65.7 Å². The molecule has 2 amide bonds. The predicted octanol–water partition coefficient (Wildman–Crippen LogP) is 4.91. The van der Waals surface area contributed by atoms with Crippen molar-refractivity contribution in [1.82, 2.24) is 15.7 Å². The number of rotatable bonds is 5. The predicted molar refractivity (Wildman–Crippen MR) is 118 cm³/mol. The number of benzene rings is 2. The van der Waals surface area contributed by atoms with E-state index in [1.807, 2.05) is 30.3 Å². The third kappa shape index (κ3) is 5.39. The van der Waals surface area contributed by atoms with E-state index in [0.29, 0.717) is 12.6 Å². The summed E-state index contributed by atoms with van der Waals surface area (Å²) in [6, 6.07) is 18.1. The first-order valence-corrected chi connectivity index (χ1v) is 11.1. The van der Waals surface area contributed by atoms with Crippen LogP contribution < -0.4 is 16.0 Å². The van der Waals surface area contributed by atoms with Gasteiger partial charge in [-0.15, -0.1) is 0 Å². The molecule has 0 bridgehead atoms. The molecule has 30 heavy (non-hydrogen) atoms. The number of carbonyl (C=O) groups is 1. The monoisotopic (exact) mass is 408 g/mol. The quantitative estimate of drug-likeness (QED) is 0.615. The Hall–Kier alpha value is -2.41. The Bertz CT molecular complexity index is 804. The van der Waals surface area contributed by atoms with Crippen LogP contribution in [0, 0.1) is 0 Å². The van der Waals surface area contributed by atoms with Gasteiger partial charge in [-0.05, 0) is 43.0 Å². The van der Waals surface area contributed by atoms with Crippen molar-refractivity contribution >= 4 is 11.7 Å². The number of urea groups is 1. The zero-order valence-electron chi connectivity index (χ0n) is 17.6. The van der Waals surface area contributed by atoms with E-state index in [-0.39, 0.29) is 18.4 Å². The van der Waals surface area contributed by atoms with Gasteiger partial charge in [0.25, 0.3) is 0 Å². The Kier molecular flexibility index (Phi) is 7.00. The summed E-state index contributed by atoms with van der Waals surface area (Å²) in [7, 11) is 0. The molecule has 0 radical (unpaired) electrons. The molecule has 2 aromatic carbocycles. The Balaban J connectivity index is 1.34. The van der Waals surface area contributed by atoms with Crippen LogP contribution in [0.5, 0.6) is 0 Å². The molecule has 3 N–H and O–H groups in total. The standard InChI is InChI=1S/C24H32N4O2/c1-18-26-23(28(30-18)22-11-7-2-3-8-12-22)20-15-13-19(14-16-20)17-25-24(29)27-21-9-5-4-6-10-21/h4-6,9-10,13-16,18,22-23,26H,2-3,7-8,11-12,17H2,1H3,(H2,25,27,29). The lowest BCUT2D eigenvalue weighted by molar-refractivity contribution is -0.189. The van der Waals surface area contributed by atoms with E-state index in [4.69, 9.17) is 4.84 Å². The van der Waals surface area contributed by atoms with Gasteiger partial charge in [0.05, 0.1) is 0 Å². The van der Waals surface area contributed by atoms with Gasteiger partial charge in [0.1, 0.15) is 12.4 Å². The summed E-state index contributed by atoms with van der Waals surface area (Å²) in [5.74, 6) is 0. The molecule has 6 nitrogen and oxygen atoms in total. The first-order chi connectivity index (χ1) is 14.7. The fourth-order valence-corrected chi connectivity index (χ4v) is 4.32. The summed E-state index contributed by atoms with van der Waals surface area (Å²) in [5.41, 5.74) is 3.04. The van der Waals surface area contributed by atoms with Crippen molar-refractivity contribution < 1.29 is 9.63 Å². The molecule has 1 saturated heterocycles. The highest BCUT2D eigenvalue weighted by Crippen LogP contribution is 2.33. The van der Waals surface area contributed by atoms with E-state index in [1.165, 1.54) is 44.1 Å². The molecule has 1 aliphatic heterocycles. The molecular weight excluding hydrogens is 376 g/mol. The van der Waals surface area contributed by atoms with Crippen LogP contribution in [0.25, 0.3) is 0 Å². The number of hydrogen-bond donors (Lipinski definition) is 3. The summed E-state index contributed by atoms with van der Waals surface area (Å²) in [6.45, 7) is 2.55. The summed E-state index contributed by atoms with van der Waals surface area (Å²) < 4.78 is 0. The van der Waals surface area contributed by atoms with Crippen LogP contribution in [0.3, 0.4) is 0 Å². The summed E-state index contributed by atoms with van der Waals surface area (Å²) in [6.07, 6.45) is 7.71. The van der Waals surface area contributed by atoms with E-state index in [9.17, 15) is 4.79 Å². The fraction of sp³-hybridized carbons (Fsp3) is 0.458. The summed E-state index contributed by atoms with van der Waals surface area (Å²) >= 11 is 0. The summed E-state index contributed by atoms with van der Waals surface area (Å²) in [4.78, 5) is 18.2. The molecule has 2 aromatic rings. The van der Waals surface area contributed by atoms with Crippen molar-refractivity contribution in [3.63, 3.8) is 0 Å². The van der Waals surface area contributed by atoms with Crippen molar-refractivity contribution in [2.24, 2.45) is 0 Å². The molecule has 1 aliphatic carbocycles. The molecule has 1 saturated carbocycles. The highest BCUT2D eigenvalue weighted by atomic mass is 16.7. The fourth-order valence-electron chi connectivity index (χ4n) is 4.32. The lowest BCUT2D eigenvalue weighted by Gasteiger charge is -2.30. The Morgan fingerprint density at radius 2 is 1.73 bits per heavy atom. The average Bonchev–Trinajstić information content (AvgIpc) is 2.97. The second kappa shape index (κ2) is 10.1. The van der Waals surface area contributed by atoms with E-state index in [0.717, 1.165) is 11.3 Å². The van der Waals surface area contributed by atoms with Crippen molar-refractivity contribution in [2.75, 3.05) is 5.32 Å². The van der Waals surface area contributed by atoms with Crippen LogP contribution in [-0.2, 0) is 11.4 Å². The van der Waals surface area contributed by atoms with E-state index < -0.39 is 0 Å². The highest BCUT2D eigenvalue weighted by Gasteiger charge is 2.36. The van der Waals surface area contributed by atoms with Crippen molar-refractivity contribution in [3.8, 4) is 0 Å². The SMILES string of the molecule is CC1NC(c2ccc(CNC(=O)Nc3ccccc3)cc2)N(C2CCCCCC2)O1. The maximum absolute atomic E-state index is 12.1. The number of amides is 2. The Morgan fingerprint density at radius 3 is 2.43 bits per heavy atom. The second-order valence-corrected chi connectivity index (χ2v) is 8.24. The maximum atomic E-state index is 12.1. The molecule has 1 heterocycles. The third-order valence-electron chi connectivity index (χ3n) is 5.89. The molecule has 2 aliphatic rings. The smallest absolute Gasteiger partial charge is 0.319 e. The molecule has 0 spiro atoms. The van der Waals surface area contributed by atoms with E-state index >= 15 is 0 Å². The number of nitrogens with zero attached hydrogens (tertiary/aromatic N) is 1. The van der Waals surface area contributed by atoms with Crippen molar-refractivity contribution in [2.45, 2.75) is 70.4 Å². The number of carbonyl (C=O) groups excluding carboxylic acids is 1. The zero-order valence-corrected chi connectivity index (χ0v) is 17.6. The van der Waals surface area contributed by atoms with Crippen LogP contribution >= 0.6 is 0 Å². The van der Waals surface area contributed by atoms with Gasteiger partial charge in [0, 0.05) is 18.3 Å².